The number of allylic oxidation sites excluding steroid dienone is 1. The first-order valence-electron chi connectivity index (χ1n) is 7.55. The van der Waals surface area contributed by atoms with Gasteiger partial charge in [0.05, 0.1) is 5.56 Å². The smallest absolute Gasteiger partial charge is 0.342 e. The Morgan fingerprint density at radius 3 is 2.80 bits per heavy atom. The van der Waals surface area contributed by atoms with E-state index in [1.165, 1.54) is 16.4 Å². The number of fused-ring (bicyclic) bond motifs is 1. The van der Waals surface area contributed by atoms with Crippen LogP contribution in [0.3, 0.4) is 0 Å². The highest BCUT2D eigenvalue weighted by Crippen LogP contribution is 2.09. The predicted molar refractivity (Wildman–Crippen MR) is 89.7 cm³/mol. The van der Waals surface area contributed by atoms with E-state index in [0.29, 0.717) is 22.2 Å². The third kappa shape index (κ3) is 2.87. The van der Waals surface area contributed by atoms with Gasteiger partial charge in [-0.2, -0.15) is 9.34 Å². The van der Waals surface area contributed by atoms with Gasteiger partial charge < -0.3 is 9.67 Å². The monoisotopic (exact) mass is 337 g/mol. The molecule has 0 unspecified atom stereocenters. The molecule has 0 spiro atoms. The van der Waals surface area contributed by atoms with Gasteiger partial charge in [0, 0.05) is 20.2 Å². The maximum atomic E-state index is 12.2. The SMILES string of the molecule is C=[n+]1c(C)c(C(=O)O)cc2c1=C(N/N=c1\ccccn1C)C=CC2=O. The maximum absolute atomic E-state index is 12.2. The Kier molecular flexibility index (Phi) is 4.06. The highest BCUT2D eigenvalue weighted by Gasteiger charge is 2.25. The van der Waals surface area contributed by atoms with E-state index >= 15 is 0 Å². The molecule has 7 heteroatoms. The van der Waals surface area contributed by atoms with Gasteiger partial charge in [0.2, 0.25) is 5.35 Å². The average Bonchev–Trinajstić information content (AvgIpc) is 2.58. The maximum Gasteiger partial charge on any atom is 0.342 e. The number of aromatic carboxylic acids is 1. The van der Waals surface area contributed by atoms with Crippen LogP contribution in [0.5, 0.6) is 0 Å². The molecule has 0 atom stereocenters. The van der Waals surface area contributed by atoms with E-state index in [4.69, 9.17) is 0 Å². The Morgan fingerprint density at radius 1 is 1.36 bits per heavy atom. The van der Waals surface area contributed by atoms with Crippen molar-refractivity contribution in [2.75, 3.05) is 0 Å². The fraction of sp³-hybridized carbons (Fsp3) is 0.111. The number of rotatable bonds is 3. The molecule has 0 saturated heterocycles. The molecule has 126 valence electrons. The minimum atomic E-state index is -1.10. The van der Waals surface area contributed by atoms with Gasteiger partial charge in [-0.05, 0) is 30.4 Å². The number of ketones is 1. The van der Waals surface area contributed by atoms with E-state index in [1.54, 1.807) is 13.0 Å². The van der Waals surface area contributed by atoms with Crippen molar-refractivity contribution in [1.29, 1.82) is 0 Å². The molecular formula is C18H17N4O3+. The highest BCUT2D eigenvalue weighted by molar-refractivity contribution is 6.08. The van der Waals surface area contributed by atoms with Crippen molar-refractivity contribution >= 4 is 17.4 Å². The first kappa shape index (κ1) is 16.4. The van der Waals surface area contributed by atoms with E-state index < -0.39 is 5.97 Å². The lowest BCUT2D eigenvalue weighted by molar-refractivity contribution is -0.522. The number of carbonyl (C=O) groups is 2. The van der Waals surface area contributed by atoms with Crippen LogP contribution in [-0.4, -0.2) is 21.4 Å². The van der Waals surface area contributed by atoms with Crippen LogP contribution in [0, 0.1) is 13.6 Å². The van der Waals surface area contributed by atoms with Crippen molar-refractivity contribution in [2.24, 2.45) is 12.1 Å². The zero-order chi connectivity index (χ0) is 18.1. The number of aryl methyl sites for hydroxylation is 1. The summed E-state index contributed by atoms with van der Waals surface area (Å²) in [4.78, 5) is 23.6. The lowest BCUT2D eigenvalue weighted by atomic mass is 10.0. The van der Waals surface area contributed by atoms with Crippen molar-refractivity contribution in [1.82, 2.24) is 9.99 Å². The van der Waals surface area contributed by atoms with E-state index in [1.807, 2.05) is 36.0 Å². The number of aromatic nitrogens is 2. The van der Waals surface area contributed by atoms with Crippen LogP contribution in [0.25, 0.3) is 5.70 Å². The Labute approximate surface area is 143 Å². The molecule has 25 heavy (non-hydrogen) atoms. The molecule has 2 aromatic heterocycles. The van der Waals surface area contributed by atoms with Crippen LogP contribution < -0.4 is 20.5 Å². The van der Waals surface area contributed by atoms with Crippen LogP contribution in [-0.2, 0) is 7.05 Å². The third-order valence-corrected chi connectivity index (χ3v) is 4.08. The molecule has 2 N–H and O–H groups in total. The molecule has 0 radical (unpaired) electrons. The van der Waals surface area contributed by atoms with Crippen LogP contribution >= 0.6 is 0 Å². The summed E-state index contributed by atoms with van der Waals surface area (Å²) in [7, 11) is 1.87. The zero-order valence-electron chi connectivity index (χ0n) is 13.9. The third-order valence-electron chi connectivity index (χ3n) is 4.08. The largest absolute Gasteiger partial charge is 0.477 e. The number of carboxylic acid groups (broad SMARTS) is 1. The number of carboxylic acids is 1. The Morgan fingerprint density at radius 2 is 2.12 bits per heavy atom. The van der Waals surface area contributed by atoms with E-state index in [9.17, 15) is 14.7 Å². The molecule has 0 saturated carbocycles. The van der Waals surface area contributed by atoms with E-state index in [-0.39, 0.29) is 16.9 Å². The minimum Gasteiger partial charge on any atom is -0.477 e. The van der Waals surface area contributed by atoms with Crippen LogP contribution in [0.2, 0.25) is 0 Å². The van der Waals surface area contributed by atoms with Crippen molar-refractivity contribution < 1.29 is 18.9 Å². The highest BCUT2D eigenvalue weighted by atomic mass is 16.4. The zero-order valence-corrected chi connectivity index (χ0v) is 13.9. The summed E-state index contributed by atoms with van der Waals surface area (Å²) in [5.41, 5.74) is 4.96. The van der Waals surface area contributed by atoms with E-state index in [2.05, 4.69) is 17.2 Å². The molecule has 0 bridgehead atoms. The molecule has 3 rings (SSSR count). The molecule has 0 fully saturated rings. The average molecular weight is 337 g/mol. The molecule has 0 aromatic carbocycles. The summed E-state index contributed by atoms with van der Waals surface area (Å²) in [6, 6.07) is 6.97. The second kappa shape index (κ2) is 6.20. The van der Waals surface area contributed by atoms with Gasteiger partial charge in [-0.3, -0.25) is 10.2 Å². The van der Waals surface area contributed by atoms with Gasteiger partial charge in [0.15, 0.2) is 17.0 Å². The summed E-state index contributed by atoms with van der Waals surface area (Å²) in [6.07, 6.45) is 4.86. The van der Waals surface area contributed by atoms with Crippen LogP contribution in [0.4, 0.5) is 0 Å². The van der Waals surface area contributed by atoms with Gasteiger partial charge >= 0.3 is 5.97 Å². The number of hydrogen-bond acceptors (Lipinski definition) is 4. The summed E-state index contributed by atoms with van der Waals surface area (Å²) >= 11 is 0. The van der Waals surface area contributed by atoms with Gasteiger partial charge in [-0.25, -0.2) is 4.79 Å². The minimum absolute atomic E-state index is 0.0446. The van der Waals surface area contributed by atoms with Crippen molar-refractivity contribution in [3.8, 4) is 0 Å². The molecule has 7 nitrogen and oxygen atoms in total. The Balaban J connectivity index is 2.25. The fourth-order valence-electron chi connectivity index (χ4n) is 2.64. The number of nitrogens with zero attached hydrogens (tertiary/aromatic N) is 3. The first-order valence-corrected chi connectivity index (χ1v) is 7.55. The van der Waals surface area contributed by atoms with Crippen LogP contribution in [0.1, 0.15) is 26.4 Å². The fourth-order valence-corrected chi connectivity index (χ4v) is 2.64. The molecule has 2 aromatic rings. The van der Waals surface area contributed by atoms with Crippen molar-refractivity contribution in [2.45, 2.75) is 6.92 Å². The number of nitrogens with one attached hydrogen (secondary N) is 1. The summed E-state index contributed by atoms with van der Waals surface area (Å²) < 4.78 is 3.28. The topological polar surface area (TPSA) is 89.6 Å². The van der Waals surface area contributed by atoms with Crippen molar-refractivity contribution in [3.05, 3.63) is 77.0 Å². The summed E-state index contributed by atoms with van der Waals surface area (Å²) in [6.45, 7) is 5.54. The number of pyridine rings is 2. The van der Waals surface area contributed by atoms with Gasteiger partial charge in [0.1, 0.15) is 18.0 Å². The normalized spacial score (nSPS) is 13.8. The molecule has 1 aliphatic carbocycles. The Bertz CT molecular complexity index is 1110. The second-order valence-corrected chi connectivity index (χ2v) is 5.64. The number of carbonyl (C=O) groups excluding carboxylic acids is 1. The van der Waals surface area contributed by atoms with E-state index in [0.717, 1.165) is 0 Å². The van der Waals surface area contributed by atoms with Gasteiger partial charge in [-0.15, -0.1) is 0 Å². The quantitative estimate of drug-likeness (QED) is 0.606. The van der Waals surface area contributed by atoms with Gasteiger partial charge in [-0.1, -0.05) is 6.07 Å². The Hall–Kier alpha value is -3.48. The summed E-state index contributed by atoms with van der Waals surface area (Å²) in [5, 5.41) is 14.1. The van der Waals surface area contributed by atoms with Crippen molar-refractivity contribution in [3.63, 3.8) is 0 Å². The first-order chi connectivity index (χ1) is 11.9. The molecule has 1 aliphatic rings. The summed E-state index contributed by atoms with van der Waals surface area (Å²) in [5.74, 6) is -1.37. The lowest BCUT2D eigenvalue weighted by Crippen LogP contribution is -2.47. The lowest BCUT2D eigenvalue weighted by Gasteiger charge is -2.08. The standard InChI is InChI=1S/C18H16N4O3/c1-11-12(18(24)25)10-13-15(23)8-7-14(17(13)22(11)3)19-20-16-6-4-5-9-21(16)2/h4-10,19H,3H2,1-2H3/p+1/b20-16+. The number of hydrogen-bond donors (Lipinski definition) is 2. The predicted octanol–water partition coefficient (Wildman–Crippen LogP) is -0.0749. The molecule has 0 amide bonds. The van der Waals surface area contributed by atoms with Gasteiger partial charge in [0.25, 0.3) is 0 Å². The molecule has 0 aliphatic heterocycles. The molecular weight excluding hydrogens is 320 g/mol. The molecule has 2 heterocycles. The van der Waals surface area contributed by atoms with Crippen LogP contribution in [0.15, 0.2) is 47.7 Å². The second-order valence-electron chi connectivity index (χ2n) is 5.64.